The van der Waals surface area contributed by atoms with Crippen molar-refractivity contribution < 1.29 is 24.5 Å². The number of aliphatic carboxylic acids is 1. The van der Waals surface area contributed by atoms with E-state index in [1.807, 2.05) is 48.5 Å². The molecule has 1 heterocycles. The highest BCUT2D eigenvalue weighted by atomic mass is 16.5. The lowest BCUT2D eigenvalue weighted by molar-refractivity contribution is -0.137. The molecular weight excluding hydrogens is 394 g/mol. The molecule has 1 fully saturated rings. The summed E-state index contributed by atoms with van der Waals surface area (Å²) in [6.45, 7) is 0.976. The number of nitrogens with zero attached hydrogens (tertiary/aromatic N) is 1. The Hall–Kier alpha value is -3.38. The Labute approximate surface area is 180 Å². The molecule has 3 aromatic rings. The van der Waals surface area contributed by atoms with Crippen LogP contribution in [0.15, 0.2) is 66.7 Å². The van der Waals surface area contributed by atoms with Gasteiger partial charge in [0.2, 0.25) is 0 Å². The van der Waals surface area contributed by atoms with E-state index >= 15 is 0 Å². The van der Waals surface area contributed by atoms with E-state index in [0.29, 0.717) is 37.2 Å². The number of rotatable bonds is 6. The monoisotopic (exact) mass is 419 g/mol. The maximum Gasteiger partial charge on any atom is 0.306 e. The molecule has 0 saturated carbocycles. The minimum absolute atomic E-state index is 0.0291. The quantitative estimate of drug-likeness (QED) is 0.634. The average molecular weight is 419 g/mol. The van der Waals surface area contributed by atoms with E-state index in [1.54, 1.807) is 23.1 Å². The second kappa shape index (κ2) is 8.78. The Bertz CT molecular complexity index is 1100. The fraction of sp³-hybridized carbons (Fsp3) is 0.280. The predicted octanol–water partition coefficient (Wildman–Crippen LogP) is 3.82. The van der Waals surface area contributed by atoms with E-state index in [9.17, 15) is 14.7 Å². The first-order valence-corrected chi connectivity index (χ1v) is 10.4. The van der Waals surface area contributed by atoms with Gasteiger partial charge in [0.05, 0.1) is 18.6 Å². The number of hydrogen-bond donors (Lipinski definition) is 2. The summed E-state index contributed by atoms with van der Waals surface area (Å²) in [5.74, 6) is -0.418. The van der Waals surface area contributed by atoms with Crippen LogP contribution in [-0.4, -0.2) is 46.7 Å². The van der Waals surface area contributed by atoms with Crippen molar-refractivity contribution in [3.8, 4) is 5.75 Å². The standard InChI is InChI=1S/C25H25NO5/c27-23(28)10-15-31-22-7-3-6-21(17-22)25(30)11-13-26(14-12-25)24(29)20-9-8-18-4-1-2-5-19(18)16-20/h1-9,16-17,30H,10-15H2,(H,27,28). The Morgan fingerprint density at radius 1 is 0.935 bits per heavy atom. The third-order valence-corrected chi connectivity index (χ3v) is 5.83. The normalized spacial score (nSPS) is 15.6. The summed E-state index contributed by atoms with van der Waals surface area (Å²) in [7, 11) is 0. The minimum Gasteiger partial charge on any atom is -0.493 e. The zero-order chi connectivity index (χ0) is 21.8. The number of piperidine rings is 1. The van der Waals surface area contributed by atoms with Gasteiger partial charge in [-0.3, -0.25) is 9.59 Å². The zero-order valence-electron chi connectivity index (χ0n) is 17.2. The number of amides is 1. The molecule has 1 saturated heterocycles. The van der Waals surface area contributed by atoms with Crippen molar-refractivity contribution in [2.24, 2.45) is 0 Å². The van der Waals surface area contributed by atoms with Crippen LogP contribution in [0.3, 0.4) is 0 Å². The van der Waals surface area contributed by atoms with Gasteiger partial charge in [-0.15, -0.1) is 0 Å². The van der Waals surface area contributed by atoms with Crippen LogP contribution in [0.25, 0.3) is 10.8 Å². The summed E-state index contributed by atoms with van der Waals surface area (Å²) in [4.78, 5) is 25.4. The molecule has 160 valence electrons. The van der Waals surface area contributed by atoms with Crippen LogP contribution in [-0.2, 0) is 10.4 Å². The number of hydrogen-bond acceptors (Lipinski definition) is 4. The van der Waals surface area contributed by atoms with Crippen molar-refractivity contribution in [2.75, 3.05) is 19.7 Å². The van der Waals surface area contributed by atoms with Gasteiger partial charge < -0.3 is 19.8 Å². The number of carboxylic acids is 1. The molecule has 1 aliphatic rings. The highest BCUT2D eigenvalue weighted by molar-refractivity contribution is 5.98. The van der Waals surface area contributed by atoms with Crippen LogP contribution in [0.1, 0.15) is 35.2 Å². The zero-order valence-corrected chi connectivity index (χ0v) is 17.2. The number of benzene rings is 3. The molecule has 6 nitrogen and oxygen atoms in total. The molecule has 31 heavy (non-hydrogen) atoms. The summed E-state index contributed by atoms with van der Waals surface area (Å²) >= 11 is 0. The van der Waals surface area contributed by atoms with Crippen molar-refractivity contribution >= 4 is 22.6 Å². The van der Waals surface area contributed by atoms with Crippen LogP contribution in [0, 0.1) is 0 Å². The Kier molecular flexibility index (Phi) is 5.91. The van der Waals surface area contributed by atoms with Gasteiger partial charge in [-0.1, -0.05) is 42.5 Å². The minimum atomic E-state index is -1.05. The molecule has 1 aliphatic heterocycles. The molecule has 0 atom stereocenters. The van der Waals surface area contributed by atoms with E-state index < -0.39 is 11.6 Å². The lowest BCUT2D eigenvalue weighted by Crippen LogP contribution is -2.45. The Balaban J connectivity index is 1.42. The second-order valence-corrected chi connectivity index (χ2v) is 7.91. The van der Waals surface area contributed by atoms with Crippen molar-refractivity contribution in [1.82, 2.24) is 4.90 Å². The highest BCUT2D eigenvalue weighted by Gasteiger charge is 2.36. The maximum absolute atomic E-state index is 13.0. The van der Waals surface area contributed by atoms with Gasteiger partial charge in [0.1, 0.15) is 5.75 Å². The first-order chi connectivity index (χ1) is 14.9. The van der Waals surface area contributed by atoms with Gasteiger partial charge in [-0.05, 0) is 53.4 Å². The second-order valence-electron chi connectivity index (χ2n) is 7.91. The van der Waals surface area contributed by atoms with Crippen LogP contribution in [0.2, 0.25) is 0 Å². The molecule has 0 spiro atoms. The van der Waals surface area contributed by atoms with Crippen LogP contribution < -0.4 is 4.74 Å². The molecule has 4 rings (SSSR count). The maximum atomic E-state index is 13.0. The third-order valence-electron chi connectivity index (χ3n) is 5.83. The van der Waals surface area contributed by atoms with Gasteiger partial charge >= 0.3 is 5.97 Å². The fourth-order valence-electron chi connectivity index (χ4n) is 4.00. The topological polar surface area (TPSA) is 87.1 Å². The number of carboxylic acid groups (broad SMARTS) is 1. The smallest absolute Gasteiger partial charge is 0.306 e. The van der Waals surface area contributed by atoms with E-state index in [0.717, 1.165) is 16.3 Å². The molecular formula is C25H25NO5. The van der Waals surface area contributed by atoms with Crippen molar-refractivity contribution in [3.05, 3.63) is 77.9 Å². The van der Waals surface area contributed by atoms with E-state index in [4.69, 9.17) is 9.84 Å². The summed E-state index contributed by atoms with van der Waals surface area (Å²) in [5.41, 5.74) is 0.322. The summed E-state index contributed by atoms with van der Waals surface area (Å²) in [6.07, 6.45) is 0.760. The van der Waals surface area contributed by atoms with Gasteiger partial charge in [-0.25, -0.2) is 0 Å². The van der Waals surface area contributed by atoms with Crippen molar-refractivity contribution in [1.29, 1.82) is 0 Å². The summed E-state index contributed by atoms with van der Waals surface area (Å²) in [5, 5.41) is 22.1. The number of ether oxygens (including phenoxy) is 1. The molecule has 2 N–H and O–H groups in total. The van der Waals surface area contributed by atoms with Crippen LogP contribution >= 0.6 is 0 Å². The highest BCUT2D eigenvalue weighted by Crippen LogP contribution is 2.35. The molecule has 6 heteroatoms. The Morgan fingerprint density at radius 3 is 2.42 bits per heavy atom. The number of likely N-dealkylation sites (tertiary alicyclic amines) is 1. The lowest BCUT2D eigenvalue weighted by Gasteiger charge is -2.38. The molecule has 0 aliphatic carbocycles. The first-order valence-electron chi connectivity index (χ1n) is 10.4. The van der Waals surface area contributed by atoms with Crippen molar-refractivity contribution in [3.63, 3.8) is 0 Å². The van der Waals surface area contributed by atoms with E-state index in [-0.39, 0.29) is 18.9 Å². The van der Waals surface area contributed by atoms with Crippen LogP contribution in [0.4, 0.5) is 0 Å². The average Bonchev–Trinajstić information content (AvgIpc) is 2.79. The molecule has 0 bridgehead atoms. The molecule has 0 aromatic heterocycles. The van der Waals surface area contributed by atoms with Gasteiger partial charge in [0.15, 0.2) is 0 Å². The molecule has 3 aromatic carbocycles. The summed E-state index contributed by atoms with van der Waals surface area (Å²) in [6, 6.07) is 20.8. The predicted molar refractivity (Wildman–Crippen MR) is 117 cm³/mol. The Morgan fingerprint density at radius 2 is 1.68 bits per heavy atom. The van der Waals surface area contributed by atoms with Gasteiger partial charge in [0, 0.05) is 18.7 Å². The van der Waals surface area contributed by atoms with Crippen LogP contribution in [0.5, 0.6) is 5.75 Å². The van der Waals surface area contributed by atoms with Crippen molar-refractivity contribution in [2.45, 2.75) is 24.9 Å². The van der Waals surface area contributed by atoms with Gasteiger partial charge in [0.25, 0.3) is 5.91 Å². The third kappa shape index (κ3) is 4.70. The van der Waals surface area contributed by atoms with E-state index in [1.165, 1.54) is 0 Å². The molecule has 0 radical (unpaired) electrons. The first kappa shape index (κ1) is 20.9. The number of carbonyl (C=O) groups excluding carboxylic acids is 1. The molecule has 0 unspecified atom stereocenters. The fourth-order valence-corrected chi connectivity index (χ4v) is 4.00. The number of fused-ring (bicyclic) bond motifs is 1. The summed E-state index contributed by atoms with van der Waals surface area (Å²) < 4.78 is 5.49. The largest absolute Gasteiger partial charge is 0.493 e. The van der Waals surface area contributed by atoms with Gasteiger partial charge in [-0.2, -0.15) is 0 Å². The van der Waals surface area contributed by atoms with E-state index in [2.05, 4.69) is 0 Å². The molecule has 1 amide bonds. The lowest BCUT2D eigenvalue weighted by atomic mass is 9.84. The number of aliphatic hydroxyl groups is 1. The SMILES string of the molecule is O=C(O)CCOc1cccc(C2(O)CCN(C(=O)c3ccc4ccccc4c3)CC2)c1. The number of carbonyl (C=O) groups is 2.